The molecule has 0 amide bonds. The summed E-state index contributed by atoms with van der Waals surface area (Å²) in [6.45, 7) is 3.82. The summed E-state index contributed by atoms with van der Waals surface area (Å²) in [7, 11) is 0. The Hall–Kier alpha value is -1.39. The maximum Gasteiger partial charge on any atom is 0.335 e. The van der Waals surface area contributed by atoms with Gasteiger partial charge in [0.1, 0.15) is 0 Å². The van der Waals surface area contributed by atoms with Crippen LogP contribution in [0.3, 0.4) is 0 Å². The molecular weight excluding hydrogens is 256 g/mol. The zero-order valence-corrected chi connectivity index (χ0v) is 12.1. The van der Waals surface area contributed by atoms with Crippen LogP contribution in [0.5, 0.6) is 0 Å². The van der Waals surface area contributed by atoms with Crippen molar-refractivity contribution in [2.24, 2.45) is 5.92 Å². The van der Waals surface area contributed by atoms with Crippen LogP contribution in [0, 0.1) is 5.92 Å². The summed E-state index contributed by atoms with van der Waals surface area (Å²) < 4.78 is 0. The molecule has 4 nitrogen and oxygen atoms in total. The van der Waals surface area contributed by atoms with E-state index in [1.54, 1.807) is 24.3 Å². The molecule has 3 N–H and O–H groups in total. The first-order valence-corrected chi connectivity index (χ1v) is 7.14. The van der Waals surface area contributed by atoms with Gasteiger partial charge in [0.2, 0.25) is 0 Å². The van der Waals surface area contributed by atoms with Gasteiger partial charge in [-0.2, -0.15) is 0 Å². The van der Waals surface area contributed by atoms with Gasteiger partial charge in [0.05, 0.1) is 17.8 Å². The number of carbonyl (C=O) groups is 1. The van der Waals surface area contributed by atoms with Crippen LogP contribution in [0.2, 0.25) is 0 Å². The molecule has 3 unspecified atom stereocenters. The second-order valence-corrected chi connectivity index (χ2v) is 5.28. The van der Waals surface area contributed by atoms with Crippen molar-refractivity contribution in [3.05, 3.63) is 35.4 Å². The number of aliphatic hydroxyl groups excluding tert-OH is 2. The normalized spacial score (nSPS) is 15.6. The molecule has 20 heavy (non-hydrogen) atoms. The number of hydrogen-bond donors (Lipinski definition) is 3. The van der Waals surface area contributed by atoms with E-state index in [0.29, 0.717) is 19.3 Å². The van der Waals surface area contributed by atoms with Crippen LogP contribution in [0.1, 0.15) is 49.0 Å². The molecule has 1 aromatic carbocycles. The lowest BCUT2D eigenvalue weighted by Crippen LogP contribution is -2.29. The summed E-state index contributed by atoms with van der Waals surface area (Å²) in [5.41, 5.74) is 0.998. The third kappa shape index (κ3) is 4.62. The van der Waals surface area contributed by atoms with Crippen LogP contribution in [0.25, 0.3) is 0 Å². The minimum atomic E-state index is -0.950. The quantitative estimate of drug-likeness (QED) is 0.683. The Kier molecular flexibility index (Phi) is 6.68. The monoisotopic (exact) mass is 280 g/mol. The smallest absolute Gasteiger partial charge is 0.335 e. The molecule has 3 atom stereocenters. The van der Waals surface area contributed by atoms with Crippen molar-refractivity contribution in [1.29, 1.82) is 0 Å². The molecule has 0 saturated carbocycles. The lowest BCUT2D eigenvalue weighted by atomic mass is 9.90. The van der Waals surface area contributed by atoms with Crippen LogP contribution < -0.4 is 0 Å². The van der Waals surface area contributed by atoms with Crippen LogP contribution in [-0.4, -0.2) is 33.5 Å². The summed E-state index contributed by atoms with van der Waals surface area (Å²) in [5, 5.41) is 29.1. The summed E-state index contributed by atoms with van der Waals surface area (Å²) in [4.78, 5) is 11.1. The molecule has 0 heterocycles. The van der Waals surface area contributed by atoms with Gasteiger partial charge in [-0.1, -0.05) is 38.5 Å². The number of carboxylic acids is 1. The van der Waals surface area contributed by atoms with Gasteiger partial charge < -0.3 is 15.3 Å². The molecule has 0 aliphatic heterocycles. The standard InChI is InChI=1S/C16H24O4/c1-3-6-14(17)11(2)15(18)10-9-12-7-4-5-8-13(12)16(19)20/h4-5,7-8,11,14-15,17-18H,3,6,9-10H2,1-2H3,(H,19,20). The number of hydrogen-bond acceptors (Lipinski definition) is 3. The summed E-state index contributed by atoms with van der Waals surface area (Å²) in [5.74, 6) is -1.15. The fourth-order valence-corrected chi connectivity index (χ4v) is 2.33. The van der Waals surface area contributed by atoms with Crippen molar-refractivity contribution in [2.75, 3.05) is 0 Å². The topological polar surface area (TPSA) is 77.8 Å². The van der Waals surface area contributed by atoms with E-state index in [4.69, 9.17) is 5.11 Å². The Morgan fingerprint density at radius 1 is 1.15 bits per heavy atom. The molecule has 0 aliphatic rings. The van der Waals surface area contributed by atoms with Crippen LogP contribution in [-0.2, 0) is 6.42 Å². The lowest BCUT2D eigenvalue weighted by molar-refractivity contribution is 0.0136. The largest absolute Gasteiger partial charge is 0.478 e. The molecule has 0 saturated heterocycles. The summed E-state index contributed by atoms with van der Waals surface area (Å²) in [6.07, 6.45) is 1.35. The first-order valence-electron chi connectivity index (χ1n) is 7.14. The van der Waals surface area contributed by atoms with Gasteiger partial charge in [0, 0.05) is 5.92 Å². The van der Waals surface area contributed by atoms with Crippen molar-refractivity contribution in [1.82, 2.24) is 0 Å². The zero-order chi connectivity index (χ0) is 15.1. The Balaban J connectivity index is 2.61. The fourth-order valence-electron chi connectivity index (χ4n) is 2.33. The highest BCUT2D eigenvalue weighted by Gasteiger charge is 2.22. The van der Waals surface area contributed by atoms with E-state index < -0.39 is 18.2 Å². The third-order valence-corrected chi connectivity index (χ3v) is 3.76. The molecule has 0 aliphatic carbocycles. The molecule has 0 bridgehead atoms. The van der Waals surface area contributed by atoms with Crippen LogP contribution >= 0.6 is 0 Å². The van der Waals surface area contributed by atoms with Gasteiger partial charge in [-0.25, -0.2) is 4.79 Å². The van der Waals surface area contributed by atoms with E-state index in [9.17, 15) is 15.0 Å². The van der Waals surface area contributed by atoms with Gasteiger partial charge in [-0.05, 0) is 30.9 Å². The summed E-state index contributed by atoms with van der Waals surface area (Å²) in [6, 6.07) is 6.82. The number of aliphatic hydroxyl groups is 2. The first-order chi connectivity index (χ1) is 9.47. The molecule has 0 spiro atoms. The minimum Gasteiger partial charge on any atom is -0.478 e. The first kappa shape index (κ1) is 16.7. The highest BCUT2D eigenvalue weighted by Crippen LogP contribution is 2.19. The molecular formula is C16H24O4. The number of aromatic carboxylic acids is 1. The molecule has 112 valence electrons. The summed E-state index contributed by atoms with van der Waals surface area (Å²) >= 11 is 0. The van der Waals surface area contributed by atoms with Gasteiger partial charge in [0.25, 0.3) is 0 Å². The number of carboxylic acid groups (broad SMARTS) is 1. The fraction of sp³-hybridized carbons (Fsp3) is 0.562. The second-order valence-electron chi connectivity index (χ2n) is 5.28. The maximum absolute atomic E-state index is 11.1. The average Bonchev–Trinajstić information content (AvgIpc) is 2.44. The van der Waals surface area contributed by atoms with Crippen LogP contribution in [0.4, 0.5) is 0 Å². The van der Waals surface area contributed by atoms with Crippen molar-refractivity contribution in [2.45, 2.75) is 51.7 Å². The van der Waals surface area contributed by atoms with E-state index in [0.717, 1.165) is 12.0 Å². The number of benzene rings is 1. The molecule has 4 heteroatoms. The maximum atomic E-state index is 11.1. The van der Waals surface area contributed by atoms with Crippen molar-refractivity contribution < 1.29 is 20.1 Å². The van der Waals surface area contributed by atoms with E-state index in [1.165, 1.54) is 0 Å². The lowest BCUT2D eigenvalue weighted by Gasteiger charge is -2.24. The van der Waals surface area contributed by atoms with Crippen molar-refractivity contribution in [3.63, 3.8) is 0 Å². The number of rotatable bonds is 8. The van der Waals surface area contributed by atoms with E-state index in [1.807, 2.05) is 13.8 Å². The van der Waals surface area contributed by atoms with Gasteiger partial charge in [-0.3, -0.25) is 0 Å². The van der Waals surface area contributed by atoms with Crippen molar-refractivity contribution >= 4 is 5.97 Å². The van der Waals surface area contributed by atoms with E-state index in [-0.39, 0.29) is 11.5 Å². The highest BCUT2D eigenvalue weighted by molar-refractivity contribution is 5.89. The molecule has 0 aromatic heterocycles. The Labute approximate surface area is 120 Å². The number of aryl methyl sites for hydroxylation is 1. The molecule has 0 fully saturated rings. The molecule has 1 rings (SSSR count). The molecule has 0 radical (unpaired) electrons. The van der Waals surface area contributed by atoms with Crippen molar-refractivity contribution in [3.8, 4) is 0 Å². The molecule has 1 aromatic rings. The SMILES string of the molecule is CCCC(O)C(C)C(O)CCc1ccccc1C(=O)O. The Bertz CT molecular complexity index is 430. The second kappa shape index (κ2) is 8.02. The van der Waals surface area contributed by atoms with Crippen LogP contribution in [0.15, 0.2) is 24.3 Å². The predicted octanol–water partition coefficient (Wildman–Crippen LogP) is 2.48. The van der Waals surface area contributed by atoms with E-state index >= 15 is 0 Å². The third-order valence-electron chi connectivity index (χ3n) is 3.76. The minimum absolute atomic E-state index is 0.202. The average molecular weight is 280 g/mol. The van der Waals surface area contributed by atoms with Gasteiger partial charge in [-0.15, -0.1) is 0 Å². The van der Waals surface area contributed by atoms with Gasteiger partial charge >= 0.3 is 5.97 Å². The predicted molar refractivity (Wildman–Crippen MR) is 77.8 cm³/mol. The Morgan fingerprint density at radius 2 is 1.75 bits per heavy atom. The van der Waals surface area contributed by atoms with Gasteiger partial charge in [0.15, 0.2) is 0 Å². The zero-order valence-electron chi connectivity index (χ0n) is 12.1. The van der Waals surface area contributed by atoms with E-state index in [2.05, 4.69) is 0 Å². The Morgan fingerprint density at radius 3 is 2.35 bits per heavy atom. The highest BCUT2D eigenvalue weighted by atomic mass is 16.4.